The molecule has 0 amide bonds. The molecule has 0 unspecified atom stereocenters. The first-order valence-electron chi connectivity index (χ1n) is 6.57. The van der Waals surface area contributed by atoms with E-state index in [1.165, 1.54) is 18.9 Å². The van der Waals surface area contributed by atoms with Gasteiger partial charge >= 0.3 is 0 Å². The Balaban J connectivity index is 1.66. The molecule has 0 spiro atoms. The van der Waals surface area contributed by atoms with Crippen LogP contribution in [0.3, 0.4) is 0 Å². The summed E-state index contributed by atoms with van der Waals surface area (Å²) in [6, 6.07) is 5.47. The van der Waals surface area contributed by atoms with E-state index in [9.17, 15) is 4.39 Å². The zero-order valence-electron chi connectivity index (χ0n) is 10.9. The van der Waals surface area contributed by atoms with Gasteiger partial charge in [0.05, 0.1) is 13.1 Å². The fourth-order valence-corrected chi connectivity index (χ4v) is 2.00. The smallest absolute Gasteiger partial charge is 0.164 e. The standard InChI is InChI=1S/C14H17FN4/c1-10-2-3-12(15)6-11(10)8-19-9-17-14(18-19)7-16-13-4-5-13/h2-3,6,9,13,16H,4-5,7-8H2,1H3. The number of halogens is 1. The lowest BCUT2D eigenvalue weighted by molar-refractivity contribution is 0.610. The van der Waals surface area contributed by atoms with Crippen LogP contribution < -0.4 is 5.32 Å². The maximum atomic E-state index is 13.2. The Labute approximate surface area is 111 Å². The van der Waals surface area contributed by atoms with Gasteiger partial charge < -0.3 is 5.32 Å². The molecule has 1 fully saturated rings. The second-order valence-corrected chi connectivity index (χ2v) is 5.08. The monoisotopic (exact) mass is 260 g/mol. The van der Waals surface area contributed by atoms with Crippen LogP contribution in [0.25, 0.3) is 0 Å². The topological polar surface area (TPSA) is 42.7 Å². The lowest BCUT2D eigenvalue weighted by atomic mass is 10.1. The lowest BCUT2D eigenvalue weighted by Gasteiger charge is -2.05. The molecule has 100 valence electrons. The maximum Gasteiger partial charge on any atom is 0.164 e. The zero-order chi connectivity index (χ0) is 13.2. The van der Waals surface area contributed by atoms with Crippen molar-refractivity contribution >= 4 is 0 Å². The van der Waals surface area contributed by atoms with Crippen molar-refractivity contribution in [2.24, 2.45) is 0 Å². The third-order valence-electron chi connectivity index (χ3n) is 3.35. The van der Waals surface area contributed by atoms with Gasteiger partial charge in [-0.1, -0.05) is 6.07 Å². The number of hydrogen-bond acceptors (Lipinski definition) is 3. The average Bonchev–Trinajstić information content (AvgIpc) is 3.12. The summed E-state index contributed by atoms with van der Waals surface area (Å²) in [4.78, 5) is 4.26. The number of aryl methyl sites for hydroxylation is 1. The van der Waals surface area contributed by atoms with Crippen molar-refractivity contribution in [2.45, 2.75) is 38.9 Å². The van der Waals surface area contributed by atoms with Gasteiger partial charge in [0.1, 0.15) is 12.1 Å². The summed E-state index contributed by atoms with van der Waals surface area (Å²) < 4.78 is 15.0. The predicted octanol–water partition coefficient (Wildman–Crippen LogP) is 2.03. The molecule has 5 heteroatoms. The molecule has 3 rings (SSSR count). The van der Waals surface area contributed by atoms with Crippen LogP contribution >= 0.6 is 0 Å². The fraction of sp³-hybridized carbons (Fsp3) is 0.429. The molecule has 19 heavy (non-hydrogen) atoms. The average molecular weight is 260 g/mol. The molecule has 1 N–H and O–H groups in total. The van der Waals surface area contributed by atoms with Crippen molar-refractivity contribution in [3.63, 3.8) is 0 Å². The van der Waals surface area contributed by atoms with Crippen molar-refractivity contribution in [1.82, 2.24) is 20.1 Å². The first-order chi connectivity index (χ1) is 9.20. The molecule has 0 atom stereocenters. The van der Waals surface area contributed by atoms with Crippen LogP contribution in [-0.2, 0) is 13.1 Å². The van der Waals surface area contributed by atoms with Gasteiger partial charge in [0, 0.05) is 6.04 Å². The minimum absolute atomic E-state index is 0.212. The van der Waals surface area contributed by atoms with Crippen molar-refractivity contribution in [3.05, 3.63) is 47.3 Å². The van der Waals surface area contributed by atoms with Crippen LogP contribution in [0.2, 0.25) is 0 Å². The van der Waals surface area contributed by atoms with Gasteiger partial charge in [0.25, 0.3) is 0 Å². The molecule has 2 aromatic rings. The largest absolute Gasteiger partial charge is 0.307 e. The Bertz CT molecular complexity index is 575. The molecule has 1 aliphatic carbocycles. The summed E-state index contributed by atoms with van der Waals surface area (Å²) in [5, 5.41) is 7.77. The SMILES string of the molecule is Cc1ccc(F)cc1Cn1cnc(CNC2CC2)n1. The van der Waals surface area contributed by atoms with E-state index < -0.39 is 0 Å². The minimum Gasteiger partial charge on any atom is -0.307 e. The van der Waals surface area contributed by atoms with Gasteiger partial charge in [0.15, 0.2) is 5.82 Å². The molecule has 1 aromatic carbocycles. The second-order valence-electron chi connectivity index (χ2n) is 5.08. The van der Waals surface area contributed by atoms with Gasteiger partial charge in [-0.15, -0.1) is 0 Å². The molecular formula is C14H17FN4. The Morgan fingerprint density at radius 1 is 1.42 bits per heavy atom. The molecule has 1 aliphatic rings. The fourth-order valence-electron chi connectivity index (χ4n) is 2.00. The lowest BCUT2D eigenvalue weighted by Crippen LogP contribution is -2.16. The van der Waals surface area contributed by atoms with E-state index in [2.05, 4.69) is 15.4 Å². The summed E-state index contributed by atoms with van der Waals surface area (Å²) >= 11 is 0. The van der Waals surface area contributed by atoms with Crippen molar-refractivity contribution in [3.8, 4) is 0 Å². The summed E-state index contributed by atoms with van der Waals surface area (Å²) in [6.07, 6.45) is 4.21. The first-order valence-corrected chi connectivity index (χ1v) is 6.57. The summed E-state index contributed by atoms with van der Waals surface area (Å²) in [6.45, 7) is 3.24. The van der Waals surface area contributed by atoms with Crippen LogP contribution in [0.15, 0.2) is 24.5 Å². The van der Waals surface area contributed by atoms with Gasteiger partial charge in [-0.25, -0.2) is 14.1 Å². The number of nitrogens with zero attached hydrogens (tertiary/aromatic N) is 3. The number of nitrogens with one attached hydrogen (secondary N) is 1. The molecule has 0 saturated heterocycles. The molecule has 0 bridgehead atoms. The van der Waals surface area contributed by atoms with E-state index in [1.54, 1.807) is 23.1 Å². The third kappa shape index (κ3) is 3.17. The summed E-state index contributed by atoms with van der Waals surface area (Å²) in [5.74, 6) is 0.581. The number of hydrogen-bond donors (Lipinski definition) is 1. The Hall–Kier alpha value is -1.75. The number of rotatable bonds is 5. The predicted molar refractivity (Wildman–Crippen MR) is 70.1 cm³/mol. The van der Waals surface area contributed by atoms with E-state index >= 15 is 0 Å². The first kappa shape index (κ1) is 12.3. The van der Waals surface area contributed by atoms with Gasteiger partial charge in [-0.3, -0.25) is 0 Å². The van der Waals surface area contributed by atoms with Gasteiger partial charge in [0.2, 0.25) is 0 Å². The molecule has 4 nitrogen and oxygen atoms in total. The highest BCUT2D eigenvalue weighted by Gasteiger charge is 2.20. The van der Waals surface area contributed by atoms with E-state index in [-0.39, 0.29) is 5.82 Å². The summed E-state index contributed by atoms with van der Waals surface area (Å²) in [7, 11) is 0. The molecular weight excluding hydrogens is 243 g/mol. The van der Waals surface area contributed by atoms with E-state index in [4.69, 9.17) is 0 Å². The Morgan fingerprint density at radius 2 is 2.26 bits per heavy atom. The van der Waals surface area contributed by atoms with E-state index in [0.29, 0.717) is 19.1 Å². The maximum absolute atomic E-state index is 13.2. The second kappa shape index (κ2) is 5.09. The Kier molecular flexibility index (Phi) is 3.29. The molecule has 1 aromatic heterocycles. The zero-order valence-corrected chi connectivity index (χ0v) is 10.9. The van der Waals surface area contributed by atoms with Crippen molar-refractivity contribution in [2.75, 3.05) is 0 Å². The molecule has 0 aliphatic heterocycles. The molecule has 1 saturated carbocycles. The van der Waals surface area contributed by atoms with Gasteiger partial charge in [-0.05, 0) is 43.0 Å². The van der Waals surface area contributed by atoms with Crippen LogP contribution in [0.1, 0.15) is 29.8 Å². The summed E-state index contributed by atoms with van der Waals surface area (Å²) in [5.41, 5.74) is 2.00. The quantitative estimate of drug-likeness (QED) is 0.894. The van der Waals surface area contributed by atoms with Crippen LogP contribution in [0.5, 0.6) is 0 Å². The highest BCUT2D eigenvalue weighted by molar-refractivity contribution is 5.26. The van der Waals surface area contributed by atoms with Crippen molar-refractivity contribution in [1.29, 1.82) is 0 Å². The number of aromatic nitrogens is 3. The minimum atomic E-state index is -0.212. The Morgan fingerprint density at radius 3 is 3.05 bits per heavy atom. The normalized spacial score (nSPS) is 14.8. The number of benzene rings is 1. The van der Waals surface area contributed by atoms with E-state index in [1.807, 2.05) is 6.92 Å². The van der Waals surface area contributed by atoms with Crippen molar-refractivity contribution < 1.29 is 4.39 Å². The molecule has 1 heterocycles. The third-order valence-corrected chi connectivity index (χ3v) is 3.35. The van der Waals surface area contributed by atoms with Crippen LogP contribution in [-0.4, -0.2) is 20.8 Å². The highest BCUT2D eigenvalue weighted by Crippen LogP contribution is 2.18. The highest BCUT2D eigenvalue weighted by atomic mass is 19.1. The molecule has 0 radical (unpaired) electrons. The van der Waals surface area contributed by atoms with E-state index in [0.717, 1.165) is 17.0 Å². The van der Waals surface area contributed by atoms with Gasteiger partial charge in [-0.2, -0.15) is 5.10 Å². The van der Waals surface area contributed by atoms with Crippen LogP contribution in [0.4, 0.5) is 4.39 Å². The van der Waals surface area contributed by atoms with Crippen LogP contribution in [0, 0.1) is 12.7 Å².